The van der Waals surface area contributed by atoms with Gasteiger partial charge in [-0.3, -0.25) is 15.5 Å². The molecule has 0 heterocycles. The van der Waals surface area contributed by atoms with Gasteiger partial charge in [0.15, 0.2) is 5.11 Å². The first-order valence-corrected chi connectivity index (χ1v) is 7.43. The van der Waals surface area contributed by atoms with E-state index in [-0.39, 0.29) is 10.8 Å². The molecule has 2 rings (SSSR count). The number of rotatable bonds is 5. The molecule has 0 aliphatic heterocycles. The Bertz CT molecular complexity index is 804. The zero-order valence-corrected chi connectivity index (χ0v) is 13.9. The minimum absolute atomic E-state index is 0.0118. The number of nitro groups is 1. The number of esters is 1. The first-order valence-electron chi connectivity index (χ1n) is 7.02. The van der Waals surface area contributed by atoms with Crippen molar-refractivity contribution in [2.75, 3.05) is 12.4 Å². The number of hydrogen-bond donors (Lipinski definition) is 2. The molecule has 9 heteroatoms. The Kier molecular flexibility index (Phi) is 6.13. The number of nitrogens with zero attached hydrogens (tertiary/aromatic N) is 2. The van der Waals surface area contributed by atoms with Crippen molar-refractivity contribution in [1.29, 1.82) is 0 Å². The van der Waals surface area contributed by atoms with Gasteiger partial charge in [-0.05, 0) is 54.2 Å². The predicted octanol–water partition coefficient (Wildman–Crippen LogP) is 2.70. The number of ether oxygens (including phenoxy) is 1. The van der Waals surface area contributed by atoms with Crippen molar-refractivity contribution < 1.29 is 14.5 Å². The van der Waals surface area contributed by atoms with Crippen LogP contribution in [0.2, 0.25) is 0 Å². The second-order valence-corrected chi connectivity index (χ2v) is 5.15. The zero-order valence-electron chi connectivity index (χ0n) is 13.1. The van der Waals surface area contributed by atoms with Gasteiger partial charge in [-0.25, -0.2) is 4.79 Å². The highest BCUT2D eigenvalue weighted by molar-refractivity contribution is 7.80. The molecule has 0 atom stereocenters. The Labute approximate surface area is 148 Å². The second-order valence-electron chi connectivity index (χ2n) is 4.74. The molecule has 0 aliphatic rings. The molecular formula is C16H14N4O4S. The quantitative estimate of drug-likeness (QED) is 0.278. The van der Waals surface area contributed by atoms with Crippen LogP contribution in [0.3, 0.4) is 0 Å². The Hall–Kier alpha value is -3.33. The normalized spacial score (nSPS) is 10.3. The molecule has 0 amide bonds. The van der Waals surface area contributed by atoms with Crippen LogP contribution in [-0.4, -0.2) is 29.3 Å². The average molecular weight is 358 g/mol. The molecule has 2 N–H and O–H groups in total. The predicted molar refractivity (Wildman–Crippen MR) is 97.8 cm³/mol. The summed E-state index contributed by atoms with van der Waals surface area (Å²) in [6, 6.07) is 12.5. The topological polar surface area (TPSA) is 106 Å². The maximum Gasteiger partial charge on any atom is 0.337 e. The summed E-state index contributed by atoms with van der Waals surface area (Å²) in [6.45, 7) is 0. The molecule has 0 aromatic heterocycles. The number of non-ortho nitro benzene ring substituents is 1. The van der Waals surface area contributed by atoms with Crippen molar-refractivity contribution in [1.82, 2.24) is 5.43 Å². The first-order chi connectivity index (χ1) is 12.0. The third-order valence-electron chi connectivity index (χ3n) is 3.05. The number of hydrazone groups is 1. The van der Waals surface area contributed by atoms with Gasteiger partial charge in [-0.15, -0.1) is 0 Å². The van der Waals surface area contributed by atoms with Crippen LogP contribution in [-0.2, 0) is 4.74 Å². The van der Waals surface area contributed by atoms with Crippen molar-refractivity contribution in [3.05, 3.63) is 69.8 Å². The maximum absolute atomic E-state index is 11.3. The van der Waals surface area contributed by atoms with Gasteiger partial charge in [-0.2, -0.15) is 5.10 Å². The molecule has 2 aromatic carbocycles. The number of benzene rings is 2. The van der Waals surface area contributed by atoms with Crippen molar-refractivity contribution in [2.24, 2.45) is 5.10 Å². The van der Waals surface area contributed by atoms with Crippen LogP contribution in [0.5, 0.6) is 0 Å². The molecule has 0 bridgehead atoms. The fourth-order valence-electron chi connectivity index (χ4n) is 1.81. The van der Waals surface area contributed by atoms with Gasteiger partial charge in [-0.1, -0.05) is 0 Å². The van der Waals surface area contributed by atoms with Gasteiger partial charge >= 0.3 is 5.97 Å². The lowest BCUT2D eigenvalue weighted by atomic mass is 10.2. The number of anilines is 1. The number of nitro benzene ring substituents is 1. The summed E-state index contributed by atoms with van der Waals surface area (Å²) in [6.07, 6.45) is 1.48. The van der Waals surface area contributed by atoms with E-state index in [1.807, 2.05) is 0 Å². The van der Waals surface area contributed by atoms with E-state index in [2.05, 4.69) is 20.6 Å². The molecular weight excluding hydrogens is 344 g/mol. The molecule has 128 valence electrons. The molecule has 0 radical (unpaired) electrons. The number of methoxy groups -OCH3 is 1. The monoisotopic (exact) mass is 358 g/mol. The molecule has 0 fully saturated rings. The van der Waals surface area contributed by atoms with Crippen molar-refractivity contribution >= 4 is 40.9 Å². The van der Waals surface area contributed by atoms with Crippen molar-refractivity contribution in [3.8, 4) is 0 Å². The third-order valence-corrected chi connectivity index (χ3v) is 3.24. The smallest absolute Gasteiger partial charge is 0.337 e. The van der Waals surface area contributed by atoms with Crippen molar-refractivity contribution in [3.63, 3.8) is 0 Å². The Morgan fingerprint density at radius 1 is 1.20 bits per heavy atom. The van der Waals surface area contributed by atoms with Crippen LogP contribution in [0.25, 0.3) is 0 Å². The first kappa shape index (κ1) is 18.0. The summed E-state index contributed by atoms with van der Waals surface area (Å²) in [5, 5.41) is 17.7. The zero-order chi connectivity index (χ0) is 18.2. The Morgan fingerprint density at radius 2 is 1.84 bits per heavy atom. The van der Waals surface area contributed by atoms with Gasteiger partial charge in [0, 0.05) is 17.8 Å². The van der Waals surface area contributed by atoms with Crippen molar-refractivity contribution in [2.45, 2.75) is 0 Å². The highest BCUT2D eigenvalue weighted by Crippen LogP contribution is 2.11. The highest BCUT2D eigenvalue weighted by Gasteiger charge is 2.05. The van der Waals surface area contributed by atoms with Gasteiger partial charge in [0.2, 0.25) is 0 Å². The standard InChI is InChI=1S/C16H14N4O4S/c1-24-15(21)12-4-6-13(7-5-12)18-16(25)19-17-10-11-2-8-14(9-3-11)20(22)23/h2-10H,1H3,(H2,18,19,25). The lowest BCUT2D eigenvalue weighted by Gasteiger charge is -2.07. The van der Waals surface area contributed by atoms with Crippen LogP contribution < -0.4 is 10.7 Å². The van der Waals surface area contributed by atoms with Crippen LogP contribution in [0, 0.1) is 10.1 Å². The van der Waals surface area contributed by atoms with Gasteiger partial charge in [0.05, 0.1) is 23.8 Å². The number of thiocarbonyl (C=S) groups is 1. The van der Waals surface area contributed by atoms with E-state index in [1.54, 1.807) is 36.4 Å². The number of hydrogen-bond acceptors (Lipinski definition) is 6. The molecule has 0 aliphatic carbocycles. The molecule has 0 unspecified atom stereocenters. The van der Waals surface area contributed by atoms with E-state index < -0.39 is 10.9 Å². The highest BCUT2D eigenvalue weighted by atomic mass is 32.1. The molecule has 8 nitrogen and oxygen atoms in total. The summed E-state index contributed by atoms with van der Waals surface area (Å²) in [5.41, 5.74) is 4.44. The van der Waals surface area contributed by atoms with E-state index in [0.29, 0.717) is 16.8 Å². The summed E-state index contributed by atoms with van der Waals surface area (Å²) < 4.78 is 4.62. The molecule has 0 saturated carbocycles. The van der Waals surface area contributed by atoms with E-state index >= 15 is 0 Å². The average Bonchev–Trinajstić information content (AvgIpc) is 2.62. The molecule has 0 spiro atoms. The summed E-state index contributed by atoms with van der Waals surface area (Å²) >= 11 is 5.10. The lowest BCUT2D eigenvalue weighted by Crippen LogP contribution is -2.23. The summed E-state index contributed by atoms with van der Waals surface area (Å²) in [5.74, 6) is -0.417. The summed E-state index contributed by atoms with van der Waals surface area (Å²) in [7, 11) is 1.32. The van der Waals surface area contributed by atoms with Gasteiger partial charge in [0.1, 0.15) is 0 Å². The number of carbonyl (C=O) groups is 1. The van der Waals surface area contributed by atoms with Crippen LogP contribution in [0.4, 0.5) is 11.4 Å². The number of carbonyl (C=O) groups excluding carboxylic acids is 1. The van der Waals surface area contributed by atoms with E-state index in [4.69, 9.17) is 12.2 Å². The molecule has 0 saturated heterocycles. The third kappa shape index (κ3) is 5.36. The lowest BCUT2D eigenvalue weighted by molar-refractivity contribution is -0.384. The molecule has 2 aromatic rings. The van der Waals surface area contributed by atoms with Crippen LogP contribution in [0.1, 0.15) is 15.9 Å². The van der Waals surface area contributed by atoms with E-state index in [9.17, 15) is 14.9 Å². The second kappa shape index (κ2) is 8.50. The summed E-state index contributed by atoms with van der Waals surface area (Å²) in [4.78, 5) is 21.4. The fraction of sp³-hybridized carbons (Fsp3) is 0.0625. The van der Waals surface area contributed by atoms with Gasteiger partial charge in [0.25, 0.3) is 5.69 Å². The SMILES string of the molecule is COC(=O)c1ccc(NC(=S)NN=Cc2ccc([N+](=O)[O-])cc2)cc1. The Morgan fingerprint density at radius 3 is 2.40 bits per heavy atom. The van der Waals surface area contributed by atoms with E-state index in [0.717, 1.165) is 0 Å². The largest absolute Gasteiger partial charge is 0.465 e. The fourth-order valence-corrected chi connectivity index (χ4v) is 1.98. The Balaban J connectivity index is 1.87. The minimum atomic E-state index is -0.469. The van der Waals surface area contributed by atoms with Gasteiger partial charge < -0.3 is 10.1 Å². The molecule has 25 heavy (non-hydrogen) atoms. The maximum atomic E-state index is 11.3. The number of nitrogens with one attached hydrogen (secondary N) is 2. The minimum Gasteiger partial charge on any atom is -0.465 e. The van der Waals surface area contributed by atoms with Crippen LogP contribution >= 0.6 is 12.2 Å². The van der Waals surface area contributed by atoms with Crippen LogP contribution in [0.15, 0.2) is 53.6 Å². The van der Waals surface area contributed by atoms with E-state index in [1.165, 1.54) is 25.5 Å².